The van der Waals surface area contributed by atoms with E-state index in [2.05, 4.69) is 46.1 Å². The highest BCUT2D eigenvalue weighted by atomic mass is 32.2. The number of amidine groups is 1. The van der Waals surface area contributed by atoms with E-state index in [1.54, 1.807) is 0 Å². The molecule has 0 atom stereocenters. The van der Waals surface area contributed by atoms with E-state index in [4.69, 9.17) is 0 Å². The fraction of sp³-hybridized carbons (Fsp3) is 0.185. The number of hydrogen-bond donors (Lipinski definition) is 0. The van der Waals surface area contributed by atoms with Gasteiger partial charge in [-0.15, -0.1) is 0 Å². The molecule has 166 valence electrons. The zero-order chi connectivity index (χ0) is 22.6. The summed E-state index contributed by atoms with van der Waals surface area (Å²) in [6.07, 6.45) is 1.94. The fourth-order valence-electron chi connectivity index (χ4n) is 4.02. The molecule has 3 aromatic rings. The number of carbonyl (C=O) groups is 1. The zero-order valence-corrected chi connectivity index (χ0v) is 19.4. The molecule has 0 unspecified atom stereocenters. The molecule has 2 aliphatic heterocycles. The Morgan fingerprint density at radius 2 is 1.39 bits per heavy atom. The van der Waals surface area contributed by atoms with Crippen molar-refractivity contribution in [3.05, 3.63) is 95.4 Å². The molecule has 5 nitrogen and oxygen atoms in total. The maximum atomic E-state index is 12.8. The van der Waals surface area contributed by atoms with Crippen LogP contribution < -0.4 is 9.80 Å². The first-order valence-electron chi connectivity index (χ1n) is 11.1. The summed E-state index contributed by atoms with van der Waals surface area (Å²) < 4.78 is 0. The summed E-state index contributed by atoms with van der Waals surface area (Å²) in [5.41, 5.74) is 4.18. The minimum absolute atomic E-state index is 0.199. The molecule has 2 heterocycles. The van der Waals surface area contributed by atoms with Gasteiger partial charge in [-0.25, -0.2) is 0 Å². The first-order valence-corrected chi connectivity index (χ1v) is 12.0. The van der Waals surface area contributed by atoms with Crippen molar-refractivity contribution in [2.24, 2.45) is 4.99 Å². The van der Waals surface area contributed by atoms with Crippen molar-refractivity contribution in [3.8, 4) is 0 Å². The van der Waals surface area contributed by atoms with Gasteiger partial charge in [0, 0.05) is 43.2 Å². The quantitative estimate of drug-likeness (QED) is 0.504. The van der Waals surface area contributed by atoms with E-state index in [9.17, 15) is 4.79 Å². The Labute approximate surface area is 199 Å². The summed E-state index contributed by atoms with van der Waals surface area (Å²) >= 11 is 1.42. The number of benzene rings is 3. The van der Waals surface area contributed by atoms with Gasteiger partial charge in [0.1, 0.15) is 0 Å². The topological polar surface area (TPSA) is 39.1 Å². The highest BCUT2D eigenvalue weighted by molar-refractivity contribution is 8.18. The minimum atomic E-state index is -0.199. The lowest BCUT2D eigenvalue weighted by atomic mass is 10.1. The first-order chi connectivity index (χ1) is 16.2. The first kappa shape index (κ1) is 21.5. The van der Waals surface area contributed by atoms with Crippen LogP contribution in [0.2, 0.25) is 0 Å². The molecule has 0 saturated carbocycles. The molecule has 2 aliphatic rings. The van der Waals surface area contributed by atoms with Crippen molar-refractivity contribution in [3.63, 3.8) is 0 Å². The van der Waals surface area contributed by atoms with Gasteiger partial charge in [0.25, 0.3) is 5.91 Å². The number of likely N-dealkylation sites (N-methyl/N-ethyl adjacent to an activating group) is 1. The summed E-state index contributed by atoms with van der Waals surface area (Å²) in [7, 11) is 2.16. The van der Waals surface area contributed by atoms with Gasteiger partial charge in [-0.3, -0.25) is 9.69 Å². The zero-order valence-electron chi connectivity index (χ0n) is 18.6. The second kappa shape index (κ2) is 9.65. The molecule has 0 N–H and O–H groups in total. The number of anilines is 3. The highest BCUT2D eigenvalue weighted by Crippen LogP contribution is 2.36. The van der Waals surface area contributed by atoms with Crippen LogP contribution in [0.3, 0.4) is 0 Å². The molecule has 0 aliphatic carbocycles. The maximum Gasteiger partial charge on any atom is 0.286 e. The summed E-state index contributed by atoms with van der Waals surface area (Å²) in [4.78, 5) is 24.6. The molecule has 0 aromatic heterocycles. The smallest absolute Gasteiger partial charge is 0.286 e. The van der Waals surface area contributed by atoms with Crippen LogP contribution >= 0.6 is 11.8 Å². The number of rotatable bonds is 4. The molecule has 0 spiro atoms. The Balaban J connectivity index is 1.36. The van der Waals surface area contributed by atoms with Crippen molar-refractivity contribution < 1.29 is 4.79 Å². The van der Waals surface area contributed by atoms with Crippen LogP contribution in [-0.2, 0) is 4.79 Å². The second-order valence-corrected chi connectivity index (χ2v) is 9.21. The normalized spacial score (nSPS) is 18.0. The molecular weight excluding hydrogens is 428 g/mol. The highest BCUT2D eigenvalue weighted by Gasteiger charge is 2.28. The number of para-hydroxylation sites is 2. The molecule has 0 bridgehead atoms. The van der Waals surface area contributed by atoms with Crippen LogP contribution in [0.1, 0.15) is 5.56 Å². The molecule has 5 rings (SSSR count). The average molecular weight is 455 g/mol. The van der Waals surface area contributed by atoms with Crippen LogP contribution in [0.15, 0.2) is 94.8 Å². The van der Waals surface area contributed by atoms with Crippen molar-refractivity contribution in [1.29, 1.82) is 0 Å². The predicted molar refractivity (Wildman–Crippen MR) is 139 cm³/mol. The van der Waals surface area contributed by atoms with E-state index in [-0.39, 0.29) is 5.91 Å². The van der Waals surface area contributed by atoms with Crippen molar-refractivity contribution in [1.82, 2.24) is 4.90 Å². The van der Waals surface area contributed by atoms with Crippen LogP contribution in [0.5, 0.6) is 0 Å². The van der Waals surface area contributed by atoms with Gasteiger partial charge < -0.3 is 9.80 Å². The number of nitrogens with zero attached hydrogens (tertiary/aromatic N) is 4. The largest absolute Gasteiger partial charge is 0.369 e. The van der Waals surface area contributed by atoms with Gasteiger partial charge >= 0.3 is 0 Å². The van der Waals surface area contributed by atoms with E-state index in [1.807, 2.05) is 71.6 Å². The number of piperazine rings is 1. The van der Waals surface area contributed by atoms with Gasteiger partial charge in [0.05, 0.1) is 4.91 Å². The number of aliphatic imine (C=N–C) groups is 1. The molecule has 1 fully saturated rings. The lowest BCUT2D eigenvalue weighted by molar-refractivity contribution is -0.113. The van der Waals surface area contributed by atoms with Crippen molar-refractivity contribution in [2.45, 2.75) is 0 Å². The van der Waals surface area contributed by atoms with Gasteiger partial charge in [0.2, 0.25) is 0 Å². The third-order valence-corrected chi connectivity index (χ3v) is 6.86. The molecule has 1 amide bonds. The molecule has 0 radical (unpaired) electrons. The van der Waals surface area contributed by atoms with Crippen LogP contribution in [-0.4, -0.2) is 49.2 Å². The third kappa shape index (κ3) is 4.87. The monoisotopic (exact) mass is 454 g/mol. The van der Waals surface area contributed by atoms with Crippen LogP contribution in [0.25, 0.3) is 6.08 Å². The van der Waals surface area contributed by atoms with E-state index in [0.717, 1.165) is 43.1 Å². The lowest BCUT2D eigenvalue weighted by Gasteiger charge is -2.34. The fourth-order valence-corrected chi connectivity index (χ4v) is 4.97. The Morgan fingerprint density at radius 1 is 0.818 bits per heavy atom. The van der Waals surface area contributed by atoms with E-state index < -0.39 is 0 Å². The summed E-state index contributed by atoms with van der Waals surface area (Å²) in [5.74, 6) is -0.199. The Kier molecular flexibility index (Phi) is 6.28. The molecular formula is C27H26N4OS. The number of thioether (sulfide) groups is 1. The molecule has 33 heavy (non-hydrogen) atoms. The van der Waals surface area contributed by atoms with E-state index in [0.29, 0.717) is 10.1 Å². The minimum Gasteiger partial charge on any atom is -0.369 e. The summed E-state index contributed by atoms with van der Waals surface area (Å²) in [6.45, 7) is 4.24. The number of amides is 1. The van der Waals surface area contributed by atoms with Gasteiger partial charge in [-0.2, -0.15) is 4.99 Å². The number of hydrogen-bond acceptors (Lipinski definition) is 5. The molecule has 6 heteroatoms. The van der Waals surface area contributed by atoms with Crippen LogP contribution in [0, 0.1) is 0 Å². The van der Waals surface area contributed by atoms with Crippen molar-refractivity contribution in [2.75, 3.05) is 43.0 Å². The second-order valence-electron chi connectivity index (χ2n) is 8.20. The molecule has 3 aromatic carbocycles. The molecule has 1 saturated heterocycles. The maximum absolute atomic E-state index is 12.8. The Morgan fingerprint density at radius 3 is 1.97 bits per heavy atom. The predicted octanol–water partition coefficient (Wildman–Crippen LogP) is 5.25. The van der Waals surface area contributed by atoms with Gasteiger partial charge in [0.15, 0.2) is 5.17 Å². The van der Waals surface area contributed by atoms with Gasteiger partial charge in [-0.1, -0.05) is 48.5 Å². The van der Waals surface area contributed by atoms with E-state index >= 15 is 0 Å². The Hall–Kier alpha value is -3.35. The third-order valence-electron chi connectivity index (χ3n) is 5.89. The van der Waals surface area contributed by atoms with Crippen LogP contribution in [0.4, 0.5) is 17.1 Å². The standard InChI is InChI=1S/C27H26N4OS/c1-29-16-18-30(19-17-29)22-14-12-21(13-15-22)20-25-26(32)28-27(33-25)31(23-8-4-2-5-9-23)24-10-6-3-7-11-24/h2-15,20H,16-19H2,1H3/b25-20+. The van der Waals surface area contributed by atoms with E-state index in [1.165, 1.54) is 17.4 Å². The average Bonchev–Trinajstić information content (AvgIpc) is 3.21. The lowest BCUT2D eigenvalue weighted by Crippen LogP contribution is -2.44. The Bertz CT molecular complexity index is 1130. The van der Waals surface area contributed by atoms with Gasteiger partial charge in [-0.05, 0) is 66.8 Å². The summed E-state index contributed by atoms with van der Waals surface area (Å²) in [6, 6.07) is 28.5. The number of carbonyl (C=O) groups excluding carboxylic acids is 1. The van der Waals surface area contributed by atoms with Crippen molar-refractivity contribution >= 4 is 46.0 Å². The SMILES string of the molecule is CN1CCN(c2ccc(/C=C3/SC(N(c4ccccc4)c4ccccc4)=NC3=O)cc2)CC1. The summed E-state index contributed by atoms with van der Waals surface area (Å²) in [5, 5.41) is 0.665.